The summed E-state index contributed by atoms with van der Waals surface area (Å²) < 4.78 is 5.28. The number of anilines is 2. The molecule has 0 radical (unpaired) electrons. The van der Waals surface area contributed by atoms with E-state index in [-0.39, 0.29) is 5.91 Å². The van der Waals surface area contributed by atoms with E-state index in [9.17, 15) is 4.79 Å². The van der Waals surface area contributed by atoms with Crippen molar-refractivity contribution in [3.05, 3.63) is 47.7 Å². The standard InChI is InChI=1S/C18H21ClN4O2/c1-25-15-5-2-4-14(12-15)23-10-8-22(9-11-23)13-17(24)21-16-6-3-7-20-18(16)19/h2-7,12H,8-11,13H2,1H3,(H,21,24). The Morgan fingerprint density at radius 2 is 2.04 bits per heavy atom. The smallest absolute Gasteiger partial charge is 0.238 e. The van der Waals surface area contributed by atoms with Crippen molar-refractivity contribution in [1.29, 1.82) is 0 Å². The van der Waals surface area contributed by atoms with Crippen LogP contribution < -0.4 is 15.0 Å². The molecule has 1 N–H and O–H groups in total. The summed E-state index contributed by atoms with van der Waals surface area (Å²) >= 11 is 5.97. The summed E-state index contributed by atoms with van der Waals surface area (Å²) in [7, 11) is 1.67. The fourth-order valence-corrected chi connectivity index (χ4v) is 3.01. The first-order valence-corrected chi connectivity index (χ1v) is 8.55. The average Bonchev–Trinajstić information content (AvgIpc) is 2.64. The van der Waals surface area contributed by atoms with Crippen LogP contribution in [0.15, 0.2) is 42.6 Å². The number of piperazine rings is 1. The summed E-state index contributed by atoms with van der Waals surface area (Å²) in [6, 6.07) is 11.5. The van der Waals surface area contributed by atoms with Crippen molar-refractivity contribution < 1.29 is 9.53 Å². The Labute approximate surface area is 152 Å². The van der Waals surface area contributed by atoms with E-state index < -0.39 is 0 Å². The molecule has 1 aromatic heterocycles. The first kappa shape index (κ1) is 17.5. The molecule has 0 bridgehead atoms. The maximum Gasteiger partial charge on any atom is 0.238 e. The fourth-order valence-electron chi connectivity index (χ4n) is 2.84. The molecule has 0 spiro atoms. The molecule has 2 aromatic rings. The molecular formula is C18H21ClN4O2. The number of pyridine rings is 1. The molecular weight excluding hydrogens is 340 g/mol. The number of aromatic nitrogens is 1. The van der Waals surface area contributed by atoms with Crippen molar-refractivity contribution in [1.82, 2.24) is 9.88 Å². The predicted molar refractivity (Wildman–Crippen MR) is 99.5 cm³/mol. The van der Waals surface area contributed by atoms with Gasteiger partial charge >= 0.3 is 0 Å². The van der Waals surface area contributed by atoms with E-state index in [1.165, 1.54) is 0 Å². The lowest BCUT2D eigenvalue weighted by atomic mass is 10.2. The summed E-state index contributed by atoms with van der Waals surface area (Å²) in [5.41, 5.74) is 1.69. The molecule has 7 heteroatoms. The predicted octanol–water partition coefficient (Wildman–Crippen LogP) is 2.50. The lowest BCUT2D eigenvalue weighted by Gasteiger charge is -2.35. The number of nitrogens with one attached hydrogen (secondary N) is 1. The maximum atomic E-state index is 12.2. The molecule has 0 aliphatic carbocycles. The van der Waals surface area contributed by atoms with Crippen LogP contribution in [-0.4, -0.2) is 55.6 Å². The third kappa shape index (κ3) is 4.61. The molecule has 1 aliphatic heterocycles. The van der Waals surface area contributed by atoms with Gasteiger partial charge in [0.15, 0.2) is 5.15 Å². The van der Waals surface area contributed by atoms with Crippen molar-refractivity contribution in [2.24, 2.45) is 0 Å². The number of amides is 1. The van der Waals surface area contributed by atoms with E-state index in [0.717, 1.165) is 37.6 Å². The van der Waals surface area contributed by atoms with Crippen molar-refractivity contribution in [2.75, 3.05) is 50.1 Å². The quantitative estimate of drug-likeness (QED) is 0.830. The molecule has 6 nitrogen and oxygen atoms in total. The molecule has 3 rings (SSSR count). The van der Waals surface area contributed by atoms with Crippen LogP contribution in [0.4, 0.5) is 11.4 Å². The van der Waals surface area contributed by atoms with Crippen LogP contribution in [0.5, 0.6) is 5.75 Å². The highest BCUT2D eigenvalue weighted by Gasteiger charge is 2.20. The summed E-state index contributed by atoms with van der Waals surface area (Å²) in [4.78, 5) is 20.6. The zero-order valence-corrected chi connectivity index (χ0v) is 14.9. The van der Waals surface area contributed by atoms with Gasteiger partial charge in [0.1, 0.15) is 5.75 Å². The van der Waals surface area contributed by atoms with Gasteiger partial charge in [-0.05, 0) is 24.3 Å². The minimum absolute atomic E-state index is 0.0790. The van der Waals surface area contributed by atoms with Crippen LogP contribution in [0.3, 0.4) is 0 Å². The number of rotatable bonds is 5. The van der Waals surface area contributed by atoms with Crippen LogP contribution in [-0.2, 0) is 4.79 Å². The number of carbonyl (C=O) groups excluding carboxylic acids is 1. The Kier molecular flexibility index (Phi) is 5.73. The highest BCUT2D eigenvalue weighted by molar-refractivity contribution is 6.32. The van der Waals surface area contributed by atoms with Gasteiger partial charge in [0, 0.05) is 44.1 Å². The zero-order valence-electron chi connectivity index (χ0n) is 14.1. The lowest BCUT2D eigenvalue weighted by Crippen LogP contribution is -2.48. The molecule has 1 aliphatic rings. The van der Waals surface area contributed by atoms with Crippen molar-refractivity contribution in [3.8, 4) is 5.75 Å². The van der Waals surface area contributed by atoms with E-state index >= 15 is 0 Å². The molecule has 1 saturated heterocycles. The monoisotopic (exact) mass is 360 g/mol. The molecule has 1 amide bonds. The number of carbonyl (C=O) groups is 1. The summed E-state index contributed by atoms with van der Waals surface area (Å²) in [6.45, 7) is 3.73. The topological polar surface area (TPSA) is 57.7 Å². The molecule has 2 heterocycles. The number of hydrogen-bond acceptors (Lipinski definition) is 5. The Balaban J connectivity index is 1.50. The van der Waals surface area contributed by atoms with Gasteiger partial charge in [0.05, 0.1) is 19.3 Å². The van der Waals surface area contributed by atoms with Crippen LogP contribution in [0.1, 0.15) is 0 Å². The highest BCUT2D eigenvalue weighted by atomic mass is 35.5. The van der Waals surface area contributed by atoms with E-state index in [4.69, 9.17) is 16.3 Å². The number of hydrogen-bond donors (Lipinski definition) is 1. The number of methoxy groups -OCH3 is 1. The fraction of sp³-hybridized carbons (Fsp3) is 0.333. The Morgan fingerprint density at radius 1 is 1.24 bits per heavy atom. The maximum absolute atomic E-state index is 12.2. The number of ether oxygens (including phenoxy) is 1. The molecule has 1 fully saturated rings. The van der Waals surface area contributed by atoms with Gasteiger partial charge in [-0.1, -0.05) is 17.7 Å². The minimum atomic E-state index is -0.0790. The average molecular weight is 361 g/mol. The van der Waals surface area contributed by atoms with Crippen LogP contribution >= 0.6 is 11.6 Å². The highest BCUT2D eigenvalue weighted by Crippen LogP contribution is 2.22. The van der Waals surface area contributed by atoms with Gasteiger partial charge in [-0.25, -0.2) is 4.98 Å². The van der Waals surface area contributed by atoms with Gasteiger partial charge in [-0.2, -0.15) is 0 Å². The first-order chi connectivity index (χ1) is 12.2. The summed E-state index contributed by atoms with van der Waals surface area (Å²) in [5, 5.41) is 3.11. The van der Waals surface area contributed by atoms with E-state index in [1.54, 1.807) is 25.4 Å². The second-order valence-corrected chi connectivity index (χ2v) is 6.21. The van der Waals surface area contributed by atoms with Gasteiger partial charge in [0.25, 0.3) is 0 Å². The van der Waals surface area contributed by atoms with E-state index in [2.05, 4.69) is 26.2 Å². The second-order valence-electron chi connectivity index (χ2n) is 5.85. The van der Waals surface area contributed by atoms with Crippen LogP contribution in [0.25, 0.3) is 0 Å². The Hall–Kier alpha value is -2.31. The molecule has 0 saturated carbocycles. The van der Waals surface area contributed by atoms with Crippen LogP contribution in [0, 0.1) is 0 Å². The van der Waals surface area contributed by atoms with E-state index in [0.29, 0.717) is 17.4 Å². The molecule has 1 aromatic carbocycles. The van der Waals surface area contributed by atoms with Crippen molar-refractivity contribution >= 4 is 28.9 Å². The molecule has 25 heavy (non-hydrogen) atoms. The molecule has 132 valence electrons. The normalized spacial score (nSPS) is 15.0. The molecule has 0 atom stereocenters. The minimum Gasteiger partial charge on any atom is -0.497 e. The molecule has 0 unspecified atom stereocenters. The van der Waals surface area contributed by atoms with Gasteiger partial charge in [-0.15, -0.1) is 0 Å². The summed E-state index contributed by atoms with van der Waals surface area (Å²) in [6.07, 6.45) is 1.59. The SMILES string of the molecule is COc1cccc(N2CCN(CC(=O)Nc3cccnc3Cl)CC2)c1. The van der Waals surface area contributed by atoms with Gasteiger partial charge in [-0.3, -0.25) is 9.69 Å². The number of benzene rings is 1. The third-order valence-corrected chi connectivity index (χ3v) is 4.49. The van der Waals surface area contributed by atoms with Gasteiger partial charge < -0.3 is 15.0 Å². The van der Waals surface area contributed by atoms with Crippen LogP contribution in [0.2, 0.25) is 5.15 Å². The number of halogens is 1. The lowest BCUT2D eigenvalue weighted by molar-refractivity contribution is -0.117. The van der Waals surface area contributed by atoms with E-state index in [1.807, 2.05) is 18.2 Å². The van der Waals surface area contributed by atoms with Crippen molar-refractivity contribution in [2.45, 2.75) is 0 Å². The third-order valence-electron chi connectivity index (χ3n) is 4.19. The summed E-state index contributed by atoms with van der Waals surface area (Å²) in [5.74, 6) is 0.775. The zero-order chi connectivity index (χ0) is 17.6. The first-order valence-electron chi connectivity index (χ1n) is 8.17. The second kappa shape index (κ2) is 8.18. The Morgan fingerprint density at radius 3 is 2.76 bits per heavy atom. The van der Waals surface area contributed by atoms with Gasteiger partial charge in [0.2, 0.25) is 5.91 Å². The van der Waals surface area contributed by atoms with Crippen molar-refractivity contribution in [3.63, 3.8) is 0 Å². The Bertz CT molecular complexity index is 733. The number of nitrogens with zero attached hydrogens (tertiary/aromatic N) is 3. The largest absolute Gasteiger partial charge is 0.497 e.